The van der Waals surface area contributed by atoms with Crippen molar-refractivity contribution in [2.75, 3.05) is 18.4 Å². The number of ether oxygens (including phenoxy) is 1. The number of piperidine rings is 1. The van der Waals surface area contributed by atoms with Gasteiger partial charge in [0.25, 0.3) is 11.8 Å². The van der Waals surface area contributed by atoms with Crippen LogP contribution in [0.3, 0.4) is 0 Å². The van der Waals surface area contributed by atoms with Gasteiger partial charge in [0.05, 0.1) is 11.1 Å². The van der Waals surface area contributed by atoms with Gasteiger partial charge in [-0.05, 0) is 58.6 Å². The SMILES string of the molecule is CC(C)(C)OC(=O)C(N)CCC(=O)NCCCCCCCCNc1cccc2c1C(=O)N(C1CCC(=O)NC1=O)C2=O. The van der Waals surface area contributed by atoms with Gasteiger partial charge >= 0.3 is 5.97 Å². The van der Waals surface area contributed by atoms with Crippen LogP contribution in [0.1, 0.15) is 106 Å². The van der Waals surface area contributed by atoms with Gasteiger partial charge in [-0.3, -0.25) is 39.0 Å². The van der Waals surface area contributed by atoms with Crippen LogP contribution >= 0.6 is 0 Å². The summed E-state index contributed by atoms with van der Waals surface area (Å²) in [6.07, 6.45) is 6.34. The molecule has 0 aliphatic carbocycles. The van der Waals surface area contributed by atoms with Crippen molar-refractivity contribution in [1.82, 2.24) is 15.5 Å². The Labute approximate surface area is 246 Å². The number of imide groups is 2. The van der Waals surface area contributed by atoms with Crippen molar-refractivity contribution in [3.63, 3.8) is 0 Å². The molecule has 1 fully saturated rings. The highest BCUT2D eigenvalue weighted by Crippen LogP contribution is 2.32. The first-order valence-corrected chi connectivity index (χ1v) is 14.7. The molecule has 2 heterocycles. The van der Waals surface area contributed by atoms with Gasteiger partial charge in [-0.25, -0.2) is 0 Å². The van der Waals surface area contributed by atoms with E-state index in [1.165, 1.54) is 0 Å². The lowest BCUT2D eigenvalue weighted by atomic mass is 10.0. The molecule has 42 heavy (non-hydrogen) atoms. The molecule has 2 aliphatic heterocycles. The maximum Gasteiger partial charge on any atom is 0.323 e. The van der Waals surface area contributed by atoms with Crippen LogP contribution in [0.25, 0.3) is 0 Å². The molecule has 230 valence electrons. The van der Waals surface area contributed by atoms with E-state index >= 15 is 0 Å². The Kier molecular flexibility index (Phi) is 11.6. The summed E-state index contributed by atoms with van der Waals surface area (Å²) in [5.74, 6) is -2.71. The molecule has 3 rings (SSSR count). The number of hydrogen-bond donors (Lipinski definition) is 4. The summed E-state index contributed by atoms with van der Waals surface area (Å²) < 4.78 is 5.22. The Balaban J connectivity index is 1.28. The molecule has 0 aromatic heterocycles. The van der Waals surface area contributed by atoms with Gasteiger partial charge in [0.1, 0.15) is 17.7 Å². The van der Waals surface area contributed by atoms with Crippen molar-refractivity contribution < 1.29 is 33.5 Å². The lowest BCUT2D eigenvalue weighted by Crippen LogP contribution is -2.54. The molecule has 0 saturated carbocycles. The minimum Gasteiger partial charge on any atom is -0.459 e. The summed E-state index contributed by atoms with van der Waals surface area (Å²) in [5.41, 5.74) is 6.29. The first-order chi connectivity index (χ1) is 19.9. The van der Waals surface area contributed by atoms with Crippen molar-refractivity contribution in [3.8, 4) is 0 Å². The van der Waals surface area contributed by atoms with Crippen molar-refractivity contribution in [2.45, 2.75) is 103 Å². The third kappa shape index (κ3) is 9.10. The fourth-order valence-corrected chi connectivity index (χ4v) is 4.94. The number of benzene rings is 1. The molecule has 2 unspecified atom stereocenters. The zero-order chi connectivity index (χ0) is 30.9. The van der Waals surface area contributed by atoms with Gasteiger partial charge < -0.3 is 21.1 Å². The minimum atomic E-state index is -0.987. The van der Waals surface area contributed by atoms with Crippen LogP contribution in [0, 0.1) is 0 Å². The number of carbonyl (C=O) groups excluding carboxylic acids is 6. The van der Waals surface area contributed by atoms with Crippen LogP contribution in [-0.2, 0) is 23.9 Å². The van der Waals surface area contributed by atoms with E-state index < -0.39 is 47.3 Å². The first kappa shape index (κ1) is 32.7. The summed E-state index contributed by atoms with van der Waals surface area (Å²) >= 11 is 0. The van der Waals surface area contributed by atoms with Crippen molar-refractivity contribution >= 4 is 41.2 Å². The second-order valence-corrected chi connectivity index (χ2v) is 11.8. The number of nitrogens with zero attached hydrogens (tertiary/aromatic N) is 1. The molecule has 12 nitrogen and oxygen atoms in total. The van der Waals surface area contributed by atoms with Gasteiger partial charge in [0, 0.05) is 31.6 Å². The average molecular weight is 586 g/mol. The monoisotopic (exact) mass is 585 g/mol. The highest BCUT2D eigenvalue weighted by Gasteiger charge is 2.45. The lowest BCUT2D eigenvalue weighted by molar-refractivity contribution is -0.156. The number of esters is 1. The topological polar surface area (TPSA) is 177 Å². The van der Waals surface area contributed by atoms with Gasteiger partial charge in [-0.1, -0.05) is 31.7 Å². The number of hydrogen-bond acceptors (Lipinski definition) is 9. The Morgan fingerprint density at radius 1 is 1.02 bits per heavy atom. The molecule has 5 amide bonds. The number of unbranched alkanes of at least 4 members (excludes halogenated alkanes) is 5. The predicted molar refractivity (Wildman–Crippen MR) is 155 cm³/mol. The van der Waals surface area contributed by atoms with Gasteiger partial charge in [0.2, 0.25) is 17.7 Å². The Bertz CT molecular complexity index is 1190. The van der Waals surface area contributed by atoms with Gasteiger partial charge in [-0.2, -0.15) is 0 Å². The summed E-state index contributed by atoms with van der Waals surface area (Å²) in [6, 6.07) is 3.22. The number of fused-ring (bicyclic) bond motifs is 1. The van der Waals surface area contributed by atoms with E-state index in [9.17, 15) is 28.8 Å². The second kappa shape index (κ2) is 14.9. The lowest BCUT2D eigenvalue weighted by Gasteiger charge is -2.27. The Morgan fingerprint density at radius 3 is 2.36 bits per heavy atom. The largest absolute Gasteiger partial charge is 0.459 e. The number of carbonyl (C=O) groups is 6. The maximum atomic E-state index is 13.1. The summed E-state index contributed by atoms with van der Waals surface area (Å²) in [5, 5.41) is 8.33. The van der Waals surface area contributed by atoms with Gasteiger partial charge in [0.15, 0.2) is 0 Å². The summed E-state index contributed by atoms with van der Waals surface area (Å²) in [7, 11) is 0. The smallest absolute Gasteiger partial charge is 0.323 e. The molecule has 5 N–H and O–H groups in total. The van der Waals surface area contributed by atoms with E-state index in [-0.39, 0.29) is 42.7 Å². The van der Waals surface area contributed by atoms with Gasteiger partial charge in [-0.15, -0.1) is 0 Å². The number of amides is 5. The second-order valence-electron chi connectivity index (χ2n) is 11.8. The minimum absolute atomic E-state index is 0.0795. The molecule has 2 atom stereocenters. The molecule has 1 saturated heterocycles. The van der Waals surface area contributed by atoms with E-state index in [1.54, 1.807) is 39.0 Å². The molecule has 1 aromatic carbocycles. The zero-order valence-corrected chi connectivity index (χ0v) is 24.8. The summed E-state index contributed by atoms with van der Waals surface area (Å²) in [6.45, 7) is 6.50. The van der Waals surface area contributed by atoms with E-state index in [0.717, 1.165) is 43.4 Å². The number of anilines is 1. The fraction of sp³-hybridized carbons (Fsp3) is 0.600. The van der Waals surface area contributed by atoms with Crippen LogP contribution in [0.4, 0.5) is 5.69 Å². The van der Waals surface area contributed by atoms with Crippen molar-refractivity contribution in [2.24, 2.45) is 5.73 Å². The van der Waals surface area contributed by atoms with E-state index in [1.807, 2.05) is 0 Å². The molecule has 0 bridgehead atoms. The van der Waals surface area contributed by atoms with Crippen molar-refractivity contribution in [3.05, 3.63) is 29.3 Å². The molecule has 1 aromatic rings. The van der Waals surface area contributed by atoms with Crippen LogP contribution in [0.2, 0.25) is 0 Å². The number of rotatable bonds is 15. The highest BCUT2D eigenvalue weighted by molar-refractivity contribution is 6.25. The van der Waals surface area contributed by atoms with Crippen LogP contribution in [-0.4, -0.2) is 71.2 Å². The van der Waals surface area contributed by atoms with E-state index in [0.29, 0.717) is 18.8 Å². The standard InChI is InChI=1S/C30H43N5O7/c1-30(2,3)42-29(41)20(31)13-15-23(36)33-18-9-7-5-4-6-8-17-32-21-12-10-11-19-25(21)28(40)35(27(19)39)22-14-16-24(37)34-26(22)38/h10-12,20,22,32H,4-9,13-18,31H2,1-3H3,(H,33,36)(H,34,37,38). The predicted octanol–water partition coefficient (Wildman–Crippen LogP) is 2.41. The normalized spacial score (nSPS) is 17.5. The molecular weight excluding hydrogens is 542 g/mol. The molecule has 2 aliphatic rings. The third-order valence-electron chi connectivity index (χ3n) is 7.10. The number of nitrogens with one attached hydrogen (secondary N) is 3. The molecule has 0 radical (unpaired) electrons. The molecular formula is C30H43N5O7. The highest BCUT2D eigenvalue weighted by atomic mass is 16.6. The average Bonchev–Trinajstić information content (AvgIpc) is 3.17. The quantitative estimate of drug-likeness (QED) is 0.137. The molecule has 12 heteroatoms. The Hall–Kier alpha value is -3.80. The van der Waals surface area contributed by atoms with Crippen molar-refractivity contribution in [1.29, 1.82) is 0 Å². The van der Waals surface area contributed by atoms with E-state index in [4.69, 9.17) is 10.5 Å². The van der Waals surface area contributed by atoms with Crippen LogP contribution < -0.4 is 21.7 Å². The van der Waals surface area contributed by atoms with E-state index in [2.05, 4.69) is 16.0 Å². The number of nitrogens with two attached hydrogens (primary N) is 1. The van der Waals surface area contributed by atoms with Crippen LogP contribution in [0.5, 0.6) is 0 Å². The summed E-state index contributed by atoms with van der Waals surface area (Å²) in [4.78, 5) is 74.7. The zero-order valence-electron chi connectivity index (χ0n) is 24.8. The van der Waals surface area contributed by atoms with Crippen LogP contribution in [0.15, 0.2) is 18.2 Å². The third-order valence-corrected chi connectivity index (χ3v) is 7.10. The first-order valence-electron chi connectivity index (χ1n) is 14.7. The molecule has 0 spiro atoms. The fourth-order valence-electron chi connectivity index (χ4n) is 4.94. The Morgan fingerprint density at radius 2 is 1.69 bits per heavy atom. The maximum absolute atomic E-state index is 13.1.